The van der Waals surface area contributed by atoms with Crippen LogP contribution in [-0.2, 0) is 4.74 Å². The van der Waals surface area contributed by atoms with Crippen LogP contribution >= 0.6 is 0 Å². The Morgan fingerprint density at radius 3 is 2.69 bits per heavy atom. The van der Waals surface area contributed by atoms with E-state index < -0.39 is 0 Å². The zero-order valence-electron chi connectivity index (χ0n) is 11.5. The fourth-order valence-electron chi connectivity index (χ4n) is 2.74. The maximum atomic E-state index is 6.16. The summed E-state index contributed by atoms with van der Waals surface area (Å²) in [6.07, 6.45) is 8.68. The van der Waals surface area contributed by atoms with Gasteiger partial charge in [-0.15, -0.1) is 0 Å². The molecule has 4 unspecified atom stereocenters. The molecule has 0 bridgehead atoms. The number of rotatable bonds is 6. The highest BCUT2D eigenvalue weighted by Crippen LogP contribution is 2.29. The van der Waals surface area contributed by atoms with Crippen molar-refractivity contribution in [3.05, 3.63) is 0 Å². The Bertz CT molecular complexity index is 184. The van der Waals surface area contributed by atoms with Gasteiger partial charge in [-0.05, 0) is 46.1 Å². The van der Waals surface area contributed by atoms with Crippen LogP contribution in [0.2, 0.25) is 0 Å². The van der Waals surface area contributed by atoms with Crippen LogP contribution in [-0.4, -0.2) is 25.3 Å². The molecule has 1 aliphatic carbocycles. The summed E-state index contributed by atoms with van der Waals surface area (Å²) in [5, 5.41) is 3.27. The Kier molecular flexibility index (Phi) is 6.37. The largest absolute Gasteiger partial charge is 0.375 e. The van der Waals surface area contributed by atoms with Crippen LogP contribution in [0.15, 0.2) is 0 Å². The maximum absolute atomic E-state index is 6.16. The monoisotopic (exact) mass is 227 g/mol. The summed E-state index contributed by atoms with van der Waals surface area (Å²) >= 11 is 0. The van der Waals surface area contributed by atoms with Crippen molar-refractivity contribution in [1.82, 2.24) is 5.32 Å². The minimum absolute atomic E-state index is 0.392. The predicted molar refractivity (Wildman–Crippen MR) is 69.7 cm³/mol. The average Bonchev–Trinajstić information content (AvgIpc) is 2.28. The van der Waals surface area contributed by atoms with E-state index in [4.69, 9.17) is 4.74 Å². The van der Waals surface area contributed by atoms with Gasteiger partial charge in [-0.3, -0.25) is 0 Å². The third-order valence-corrected chi connectivity index (χ3v) is 3.92. The van der Waals surface area contributed by atoms with Crippen molar-refractivity contribution in [3.63, 3.8) is 0 Å². The van der Waals surface area contributed by atoms with Crippen molar-refractivity contribution in [1.29, 1.82) is 0 Å². The number of hydrogen-bond donors (Lipinski definition) is 1. The zero-order valence-corrected chi connectivity index (χ0v) is 11.5. The Hall–Kier alpha value is -0.0800. The predicted octanol–water partition coefficient (Wildman–Crippen LogP) is 3.36. The SMILES string of the molecule is CCC1CCCC(OC(C)CC(C)NC)C1. The topological polar surface area (TPSA) is 21.3 Å². The first-order valence-electron chi connectivity index (χ1n) is 6.98. The van der Waals surface area contributed by atoms with Crippen molar-refractivity contribution in [3.8, 4) is 0 Å². The minimum Gasteiger partial charge on any atom is -0.375 e. The van der Waals surface area contributed by atoms with E-state index in [2.05, 4.69) is 26.1 Å². The first-order chi connectivity index (χ1) is 7.65. The van der Waals surface area contributed by atoms with Gasteiger partial charge in [0.2, 0.25) is 0 Å². The van der Waals surface area contributed by atoms with Gasteiger partial charge in [0, 0.05) is 6.04 Å². The molecule has 0 aromatic heterocycles. The molecule has 0 aliphatic heterocycles. The molecule has 0 heterocycles. The molecule has 2 heteroatoms. The Labute approximate surface area is 101 Å². The van der Waals surface area contributed by atoms with Gasteiger partial charge in [0.05, 0.1) is 12.2 Å². The van der Waals surface area contributed by atoms with Crippen LogP contribution in [0.5, 0.6) is 0 Å². The van der Waals surface area contributed by atoms with Gasteiger partial charge >= 0.3 is 0 Å². The van der Waals surface area contributed by atoms with Crippen molar-refractivity contribution >= 4 is 0 Å². The van der Waals surface area contributed by atoms with Crippen LogP contribution in [0.25, 0.3) is 0 Å². The van der Waals surface area contributed by atoms with Gasteiger partial charge in [0.1, 0.15) is 0 Å². The molecule has 1 N–H and O–H groups in total. The summed E-state index contributed by atoms with van der Waals surface area (Å²) in [4.78, 5) is 0. The third kappa shape index (κ3) is 4.84. The lowest BCUT2D eigenvalue weighted by Gasteiger charge is -2.31. The lowest BCUT2D eigenvalue weighted by molar-refractivity contribution is -0.0381. The van der Waals surface area contributed by atoms with Gasteiger partial charge in [-0.25, -0.2) is 0 Å². The molecular weight excluding hydrogens is 198 g/mol. The van der Waals surface area contributed by atoms with Gasteiger partial charge in [0.15, 0.2) is 0 Å². The van der Waals surface area contributed by atoms with E-state index in [9.17, 15) is 0 Å². The molecule has 1 saturated carbocycles. The first kappa shape index (κ1) is 14.0. The average molecular weight is 227 g/mol. The van der Waals surface area contributed by atoms with Gasteiger partial charge in [0.25, 0.3) is 0 Å². The molecule has 4 atom stereocenters. The Balaban J connectivity index is 2.24. The fourth-order valence-corrected chi connectivity index (χ4v) is 2.74. The van der Waals surface area contributed by atoms with E-state index in [1.54, 1.807) is 0 Å². The van der Waals surface area contributed by atoms with Crippen molar-refractivity contribution < 1.29 is 4.74 Å². The molecule has 0 saturated heterocycles. The molecule has 0 aromatic carbocycles. The van der Waals surface area contributed by atoms with Crippen LogP contribution < -0.4 is 5.32 Å². The fraction of sp³-hybridized carbons (Fsp3) is 1.00. The van der Waals surface area contributed by atoms with Crippen molar-refractivity contribution in [2.24, 2.45) is 5.92 Å². The Morgan fingerprint density at radius 2 is 2.06 bits per heavy atom. The highest BCUT2D eigenvalue weighted by molar-refractivity contribution is 4.74. The van der Waals surface area contributed by atoms with E-state index >= 15 is 0 Å². The maximum Gasteiger partial charge on any atom is 0.0581 e. The summed E-state index contributed by atoms with van der Waals surface area (Å²) in [6.45, 7) is 6.73. The standard InChI is InChI=1S/C14H29NO/c1-5-13-7-6-8-14(10-13)16-12(3)9-11(2)15-4/h11-15H,5-10H2,1-4H3. The summed E-state index contributed by atoms with van der Waals surface area (Å²) in [6, 6.07) is 0.556. The van der Waals surface area contributed by atoms with E-state index in [-0.39, 0.29) is 0 Å². The second kappa shape index (κ2) is 7.29. The molecule has 1 fully saturated rings. The quantitative estimate of drug-likeness (QED) is 0.751. The molecule has 16 heavy (non-hydrogen) atoms. The molecule has 0 amide bonds. The molecule has 0 aromatic rings. The number of hydrogen-bond acceptors (Lipinski definition) is 2. The first-order valence-corrected chi connectivity index (χ1v) is 6.98. The smallest absolute Gasteiger partial charge is 0.0581 e. The van der Waals surface area contributed by atoms with Gasteiger partial charge in [-0.1, -0.05) is 26.2 Å². The Morgan fingerprint density at radius 1 is 1.31 bits per heavy atom. The molecule has 1 rings (SSSR count). The van der Waals surface area contributed by atoms with Crippen LogP contribution in [0.1, 0.15) is 59.3 Å². The normalized spacial score (nSPS) is 30.0. The third-order valence-electron chi connectivity index (χ3n) is 3.92. The molecular formula is C14H29NO. The van der Waals surface area contributed by atoms with Crippen LogP contribution in [0, 0.1) is 5.92 Å². The highest BCUT2D eigenvalue weighted by atomic mass is 16.5. The summed E-state index contributed by atoms with van der Waals surface area (Å²) in [5.41, 5.74) is 0. The van der Waals surface area contributed by atoms with Gasteiger partial charge < -0.3 is 10.1 Å². The van der Waals surface area contributed by atoms with E-state index in [1.807, 2.05) is 7.05 Å². The van der Waals surface area contributed by atoms with Crippen LogP contribution in [0.4, 0.5) is 0 Å². The summed E-state index contributed by atoms with van der Waals surface area (Å²) < 4.78 is 6.16. The highest BCUT2D eigenvalue weighted by Gasteiger charge is 2.23. The summed E-state index contributed by atoms with van der Waals surface area (Å²) in [7, 11) is 2.02. The van der Waals surface area contributed by atoms with E-state index in [0.717, 1.165) is 12.3 Å². The molecule has 0 spiro atoms. The summed E-state index contributed by atoms with van der Waals surface area (Å²) in [5.74, 6) is 0.910. The molecule has 0 radical (unpaired) electrons. The van der Waals surface area contributed by atoms with E-state index in [1.165, 1.54) is 32.1 Å². The number of nitrogens with one attached hydrogen (secondary N) is 1. The minimum atomic E-state index is 0.392. The second-order valence-corrected chi connectivity index (χ2v) is 5.44. The van der Waals surface area contributed by atoms with Gasteiger partial charge in [-0.2, -0.15) is 0 Å². The molecule has 96 valence electrons. The molecule has 1 aliphatic rings. The number of ether oxygens (including phenoxy) is 1. The zero-order chi connectivity index (χ0) is 12.0. The second-order valence-electron chi connectivity index (χ2n) is 5.44. The van der Waals surface area contributed by atoms with Crippen LogP contribution in [0.3, 0.4) is 0 Å². The molecule has 2 nitrogen and oxygen atoms in total. The van der Waals surface area contributed by atoms with Crippen molar-refractivity contribution in [2.45, 2.75) is 77.5 Å². The lowest BCUT2D eigenvalue weighted by Crippen LogP contribution is -2.31. The lowest BCUT2D eigenvalue weighted by atomic mass is 9.85. The van der Waals surface area contributed by atoms with E-state index in [0.29, 0.717) is 18.2 Å². The van der Waals surface area contributed by atoms with Crippen molar-refractivity contribution in [2.75, 3.05) is 7.05 Å².